The predicted molar refractivity (Wildman–Crippen MR) is 115 cm³/mol. The van der Waals surface area contributed by atoms with Crippen molar-refractivity contribution in [1.82, 2.24) is 9.29 Å². The number of carbonyl (C=O) groups excluding carboxylic acids is 1. The van der Waals surface area contributed by atoms with Crippen LogP contribution in [0.5, 0.6) is 11.5 Å². The van der Waals surface area contributed by atoms with Crippen molar-refractivity contribution in [3.8, 4) is 22.8 Å². The van der Waals surface area contributed by atoms with Crippen LogP contribution in [0.2, 0.25) is 0 Å². The third-order valence-corrected chi connectivity index (χ3v) is 5.40. The van der Waals surface area contributed by atoms with Crippen molar-refractivity contribution in [1.29, 1.82) is 0 Å². The van der Waals surface area contributed by atoms with Crippen molar-refractivity contribution in [2.45, 2.75) is 4.90 Å². The van der Waals surface area contributed by atoms with Crippen LogP contribution < -0.4 is 14.8 Å². The summed E-state index contributed by atoms with van der Waals surface area (Å²) in [5.41, 5.74) is 2.72. The fourth-order valence-electron chi connectivity index (χ4n) is 2.40. The molecular formula is C20H21N3O3S2. The highest BCUT2D eigenvalue weighted by Crippen LogP contribution is 2.36. The highest BCUT2D eigenvalue weighted by atomic mass is 32.2. The minimum atomic E-state index is 0.303. The van der Waals surface area contributed by atoms with E-state index >= 15 is 0 Å². The lowest BCUT2D eigenvalue weighted by Crippen LogP contribution is -1.98. The molecule has 0 saturated carbocycles. The Balaban J connectivity index is 0.000000169. The molecule has 1 aliphatic rings. The van der Waals surface area contributed by atoms with Crippen LogP contribution in [0, 0.1) is 0 Å². The molecule has 0 unspecified atom stereocenters. The molecule has 2 heterocycles. The maximum Gasteiger partial charge on any atom is 0.231 e. The maximum absolute atomic E-state index is 10.3. The first-order valence-corrected chi connectivity index (χ1v) is 10.2. The van der Waals surface area contributed by atoms with Gasteiger partial charge in [-0.3, -0.25) is 9.10 Å². The standard InChI is InChI=1S/C11H10N2O2S.C9H11NOS/c1-12-11-13-8(5-16-11)7-2-3-9-10(4-7)15-6-14-9;1-10(2)12-9-5-3-8(7-11)4-6-9/h2-5H,6H2,1H3,(H,12,13);3-7H,1-2H3. The zero-order valence-electron chi connectivity index (χ0n) is 15.8. The van der Waals surface area contributed by atoms with Gasteiger partial charge in [-0.05, 0) is 56.4 Å². The number of benzene rings is 2. The number of hydrogen-bond acceptors (Lipinski definition) is 8. The third-order valence-electron chi connectivity index (χ3n) is 3.69. The molecule has 0 fully saturated rings. The van der Waals surface area contributed by atoms with E-state index in [0.717, 1.165) is 44.6 Å². The third kappa shape index (κ3) is 5.25. The van der Waals surface area contributed by atoms with E-state index in [2.05, 4.69) is 10.3 Å². The van der Waals surface area contributed by atoms with E-state index in [9.17, 15) is 4.79 Å². The molecule has 8 heteroatoms. The summed E-state index contributed by atoms with van der Waals surface area (Å²) in [6.07, 6.45) is 0.851. The zero-order valence-corrected chi connectivity index (χ0v) is 17.5. The van der Waals surface area contributed by atoms with Crippen molar-refractivity contribution < 1.29 is 14.3 Å². The minimum Gasteiger partial charge on any atom is -0.454 e. The Labute approximate surface area is 172 Å². The largest absolute Gasteiger partial charge is 0.454 e. The normalized spacial score (nSPS) is 11.7. The van der Waals surface area contributed by atoms with Gasteiger partial charge < -0.3 is 14.8 Å². The molecule has 1 N–H and O–H groups in total. The highest BCUT2D eigenvalue weighted by molar-refractivity contribution is 7.97. The fraction of sp³-hybridized carbons (Fsp3) is 0.200. The molecular weight excluding hydrogens is 394 g/mol. The second-order valence-electron chi connectivity index (χ2n) is 5.95. The summed E-state index contributed by atoms with van der Waals surface area (Å²) in [5.74, 6) is 1.59. The van der Waals surface area contributed by atoms with Crippen molar-refractivity contribution >= 4 is 34.7 Å². The van der Waals surface area contributed by atoms with Gasteiger partial charge in [-0.15, -0.1) is 11.3 Å². The molecule has 146 valence electrons. The van der Waals surface area contributed by atoms with Crippen LogP contribution in [0.1, 0.15) is 10.4 Å². The first-order chi connectivity index (χ1) is 13.6. The summed E-state index contributed by atoms with van der Waals surface area (Å²) in [5, 5.41) is 5.95. The molecule has 0 amide bonds. The van der Waals surface area contributed by atoms with Crippen molar-refractivity contribution in [2.75, 3.05) is 33.3 Å². The average molecular weight is 416 g/mol. The molecule has 0 radical (unpaired) electrons. The Bertz CT molecular complexity index is 927. The summed E-state index contributed by atoms with van der Waals surface area (Å²) in [6.45, 7) is 0.303. The molecule has 1 aromatic heterocycles. The monoisotopic (exact) mass is 415 g/mol. The summed E-state index contributed by atoms with van der Waals surface area (Å²) in [4.78, 5) is 15.9. The lowest BCUT2D eigenvalue weighted by atomic mass is 10.1. The molecule has 28 heavy (non-hydrogen) atoms. The topological polar surface area (TPSA) is 63.7 Å². The SMILES string of the molecule is CN(C)Sc1ccc(C=O)cc1.CNc1nc(-c2ccc3c(c2)OCO3)cs1. The van der Waals surface area contributed by atoms with Gasteiger partial charge >= 0.3 is 0 Å². The number of hydrogen-bond donors (Lipinski definition) is 1. The lowest BCUT2D eigenvalue weighted by Gasteiger charge is -2.07. The Kier molecular flexibility index (Phi) is 6.91. The number of aromatic nitrogens is 1. The van der Waals surface area contributed by atoms with E-state index in [0.29, 0.717) is 6.79 Å². The van der Waals surface area contributed by atoms with Gasteiger partial charge in [-0.1, -0.05) is 12.1 Å². The van der Waals surface area contributed by atoms with Crippen LogP contribution in [0.4, 0.5) is 5.13 Å². The number of thiazole rings is 1. The number of aldehydes is 1. The molecule has 0 aliphatic carbocycles. The van der Waals surface area contributed by atoms with E-state index < -0.39 is 0 Å². The van der Waals surface area contributed by atoms with Crippen molar-refractivity contribution in [3.63, 3.8) is 0 Å². The summed E-state index contributed by atoms with van der Waals surface area (Å²) < 4.78 is 12.6. The first kappa shape index (κ1) is 20.2. The van der Waals surface area contributed by atoms with Gasteiger partial charge in [0, 0.05) is 28.5 Å². The number of rotatable bonds is 5. The van der Waals surface area contributed by atoms with Gasteiger partial charge in [-0.25, -0.2) is 4.98 Å². The summed E-state index contributed by atoms with van der Waals surface area (Å²) >= 11 is 3.22. The Hall–Kier alpha value is -2.55. The number of anilines is 1. The summed E-state index contributed by atoms with van der Waals surface area (Å²) in [6, 6.07) is 13.4. The first-order valence-electron chi connectivity index (χ1n) is 8.53. The van der Waals surface area contributed by atoms with Gasteiger partial charge in [0.1, 0.15) is 6.29 Å². The second-order valence-corrected chi connectivity index (χ2v) is 8.19. The molecule has 4 rings (SSSR count). The van der Waals surface area contributed by atoms with Crippen LogP contribution in [0.15, 0.2) is 52.7 Å². The van der Waals surface area contributed by atoms with E-state index in [-0.39, 0.29) is 0 Å². The van der Waals surface area contributed by atoms with Crippen LogP contribution >= 0.6 is 23.3 Å². The van der Waals surface area contributed by atoms with E-state index in [1.165, 1.54) is 0 Å². The molecule has 0 saturated heterocycles. The van der Waals surface area contributed by atoms with Gasteiger partial charge in [0.2, 0.25) is 6.79 Å². The second kappa shape index (κ2) is 9.59. The minimum absolute atomic E-state index is 0.303. The van der Waals surface area contributed by atoms with Crippen LogP contribution in [-0.2, 0) is 0 Å². The van der Waals surface area contributed by atoms with E-state index in [4.69, 9.17) is 9.47 Å². The van der Waals surface area contributed by atoms with Crippen molar-refractivity contribution in [2.24, 2.45) is 0 Å². The molecule has 3 aromatic rings. The predicted octanol–water partition coefficient (Wildman–Crippen LogP) is 4.65. The smallest absolute Gasteiger partial charge is 0.231 e. The number of carbonyl (C=O) groups is 1. The van der Waals surface area contributed by atoms with E-state index in [1.54, 1.807) is 23.3 Å². The number of nitrogens with one attached hydrogen (secondary N) is 1. The Morgan fingerprint density at radius 3 is 2.54 bits per heavy atom. The van der Waals surface area contributed by atoms with Crippen LogP contribution in [0.3, 0.4) is 0 Å². The molecule has 0 spiro atoms. The van der Waals surface area contributed by atoms with Gasteiger partial charge in [0.15, 0.2) is 16.6 Å². The molecule has 1 aliphatic heterocycles. The number of ether oxygens (including phenoxy) is 2. The van der Waals surface area contributed by atoms with Gasteiger partial charge in [0.25, 0.3) is 0 Å². The highest BCUT2D eigenvalue weighted by Gasteiger charge is 2.14. The quantitative estimate of drug-likeness (QED) is 0.481. The van der Waals surface area contributed by atoms with Gasteiger partial charge in [0.05, 0.1) is 5.69 Å². The molecule has 6 nitrogen and oxygen atoms in total. The average Bonchev–Trinajstić information content (AvgIpc) is 3.37. The maximum atomic E-state index is 10.3. The lowest BCUT2D eigenvalue weighted by molar-refractivity contribution is 0.112. The molecule has 0 atom stereocenters. The molecule has 0 bridgehead atoms. The van der Waals surface area contributed by atoms with Crippen LogP contribution in [-0.4, -0.2) is 43.5 Å². The van der Waals surface area contributed by atoms with Gasteiger partial charge in [-0.2, -0.15) is 0 Å². The van der Waals surface area contributed by atoms with Crippen LogP contribution in [0.25, 0.3) is 11.3 Å². The Morgan fingerprint density at radius 2 is 1.89 bits per heavy atom. The Morgan fingerprint density at radius 1 is 1.14 bits per heavy atom. The zero-order chi connectivity index (χ0) is 19.9. The fourth-order valence-corrected chi connectivity index (χ4v) is 3.76. The number of fused-ring (bicyclic) bond motifs is 1. The molecule has 2 aromatic carbocycles. The summed E-state index contributed by atoms with van der Waals surface area (Å²) in [7, 11) is 5.83. The van der Waals surface area contributed by atoms with Crippen molar-refractivity contribution in [3.05, 3.63) is 53.4 Å². The number of nitrogens with zero attached hydrogens (tertiary/aromatic N) is 2. The van der Waals surface area contributed by atoms with E-state index in [1.807, 2.05) is 73.3 Å².